The van der Waals surface area contributed by atoms with Gasteiger partial charge in [0.15, 0.2) is 11.5 Å². The summed E-state index contributed by atoms with van der Waals surface area (Å²) >= 11 is 5.90. The molecule has 3 heteroatoms. The third-order valence-electron chi connectivity index (χ3n) is 3.35. The third-order valence-corrected chi connectivity index (χ3v) is 3.61. The van der Waals surface area contributed by atoms with Crippen LogP contribution < -0.4 is 9.47 Å². The maximum Gasteiger partial charge on any atom is 0.161 e. The van der Waals surface area contributed by atoms with Gasteiger partial charge in [0.05, 0.1) is 14.2 Å². The van der Waals surface area contributed by atoms with Crippen LogP contribution in [0.25, 0.3) is 11.6 Å². The summed E-state index contributed by atoms with van der Waals surface area (Å²) in [5.41, 5.74) is 3.28. The first-order chi connectivity index (χ1) is 10.7. The number of benzene rings is 2. The fourth-order valence-corrected chi connectivity index (χ4v) is 2.26. The molecule has 2 nitrogen and oxygen atoms in total. The van der Waals surface area contributed by atoms with E-state index in [0.29, 0.717) is 0 Å². The molecule has 2 rings (SSSR count). The SMILES string of the molecule is CC=C(C=Cc1ccc(Cl)cc1)c1ccc(OC)c(OC)c1. The van der Waals surface area contributed by atoms with Crippen molar-refractivity contribution in [3.63, 3.8) is 0 Å². The highest BCUT2D eigenvalue weighted by Crippen LogP contribution is 2.31. The second kappa shape index (κ2) is 7.71. The number of hydrogen-bond acceptors (Lipinski definition) is 2. The molecule has 0 saturated carbocycles. The first-order valence-electron chi connectivity index (χ1n) is 7.00. The standard InChI is InChI=1S/C19H19ClO2/c1-4-15(8-5-14-6-10-17(20)11-7-14)16-9-12-18(21-2)19(13-16)22-3/h4-13H,1-3H3. The Bertz CT molecular complexity index is 685. The van der Waals surface area contributed by atoms with Crippen LogP contribution in [0.1, 0.15) is 18.1 Å². The van der Waals surface area contributed by atoms with Crippen LogP contribution in [-0.4, -0.2) is 14.2 Å². The molecule has 0 amide bonds. The maximum absolute atomic E-state index is 5.90. The summed E-state index contributed by atoms with van der Waals surface area (Å²) in [6.45, 7) is 2.01. The highest BCUT2D eigenvalue weighted by Gasteiger charge is 2.06. The molecule has 114 valence electrons. The third kappa shape index (κ3) is 3.92. The number of methoxy groups -OCH3 is 2. The van der Waals surface area contributed by atoms with Crippen molar-refractivity contribution >= 4 is 23.3 Å². The molecule has 0 radical (unpaired) electrons. The van der Waals surface area contributed by atoms with Gasteiger partial charge in [-0.2, -0.15) is 0 Å². The predicted molar refractivity (Wildman–Crippen MR) is 93.7 cm³/mol. The highest BCUT2D eigenvalue weighted by molar-refractivity contribution is 6.30. The summed E-state index contributed by atoms with van der Waals surface area (Å²) in [5.74, 6) is 1.45. The summed E-state index contributed by atoms with van der Waals surface area (Å²) in [4.78, 5) is 0. The Morgan fingerprint density at radius 3 is 2.23 bits per heavy atom. The van der Waals surface area contributed by atoms with Gasteiger partial charge >= 0.3 is 0 Å². The average Bonchev–Trinajstić information content (AvgIpc) is 2.56. The smallest absolute Gasteiger partial charge is 0.161 e. The fourth-order valence-electron chi connectivity index (χ4n) is 2.13. The number of rotatable bonds is 5. The van der Waals surface area contributed by atoms with Crippen molar-refractivity contribution in [1.29, 1.82) is 0 Å². The van der Waals surface area contributed by atoms with Crippen molar-refractivity contribution in [1.82, 2.24) is 0 Å². The Morgan fingerprint density at radius 1 is 0.955 bits per heavy atom. The minimum Gasteiger partial charge on any atom is -0.493 e. The quantitative estimate of drug-likeness (QED) is 0.681. The van der Waals surface area contributed by atoms with E-state index in [1.54, 1.807) is 14.2 Å². The normalized spacial score (nSPS) is 11.7. The van der Waals surface area contributed by atoms with Crippen LogP contribution in [0, 0.1) is 0 Å². The molecule has 0 aliphatic carbocycles. The zero-order valence-electron chi connectivity index (χ0n) is 13.0. The van der Waals surface area contributed by atoms with Crippen molar-refractivity contribution in [3.8, 4) is 11.5 Å². The van der Waals surface area contributed by atoms with E-state index in [1.165, 1.54) is 0 Å². The predicted octanol–water partition coefficient (Wildman–Crippen LogP) is 5.47. The van der Waals surface area contributed by atoms with Gasteiger partial charge < -0.3 is 9.47 Å². The van der Waals surface area contributed by atoms with Crippen molar-refractivity contribution in [2.45, 2.75) is 6.92 Å². The minimum atomic E-state index is 0.722. The van der Waals surface area contributed by atoms with Crippen LogP contribution in [0.4, 0.5) is 0 Å². The van der Waals surface area contributed by atoms with Crippen LogP contribution in [0.2, 0.25) is 5.02 Å². The van der Waals surface area contributed by atoms with E-state index in [9.17, 15) is 0 Å². The largest absolute Gasteiger partial charge is 0.493 e. The Balaban J connectivity index is 2.27. The molecule has 0 unspecified atom stereocenters. The lowest BCUT2D eigenvalue weighted by Gasteiger charge is -2.10. The molecule has 0 aliphatic heterocycles. The number of ether oxygens (including phenoxy) is 2. The lowest BCUT2D eigenvalue weighted by molar-refractivity contribution is 0.355. The van der Waals surface area contributed by atoms with Gasteiger partial charge in [-0.3, -0.25) is 0 Å². The topological polar surface area (TPSA) is 18.5 Å². The molecule has 22 heavy (non-hydrogen) atoms. The molecule has 0 bridgehead atoms. The van der Waals surface area contributed by atoms with E-state index in [2.05, 4.69) is 18.2 Å². The van der Waals surface area contributed by atoms with E-state index in [1.807, 2.05) is 49.4 Å². The molecule has 0 atom stereocenters. The zero-order valence-corrected chi connectivity index (χ0v) is 13.7. The molecule has 0 aromatic heterocycles. The van der Waals surface area contributed by atoms with Crippen LogP contribution in [0.5, 0.6) is 11.5 Å². The van der Waals surface area contributed by atoms with Crippen molar-refractivity contribution in [2.24, 2.45) is 0 Å². The Kier molecular flexibility index (Phi) is 5.68. The Hall–Kier alpha value is -2.19. The van der Waals surface area contributed by atoms with Gasteiger partial charge in [-0.05, 0) is 47.9 Å². The van der Waals surface area contributed by atoms with Crippen LogP contribution in [0.3, 0.4) is 0 Å². The first-order valence-corrected chi connectivity index (χ1v) is 7.38. The Labute approximate surface area is 136 Å². The van der Waals surface area contributed by atoms with E-state index < -0.39 is 0 Å². The van der Waals surface area contributed by atoms with Crippen molar-refractivity contribution in [3.05, 3.63) is 70.8 Å². The number of hydrogen-bond donors (Lipinski definition) is 0. The molecule has 0 aliphatic rings. The zero-order chi connectivity index (χ0) is 15.9. The molecular formula is C19H19ClO2. The summed E-state index contributed by atoms with van der Waals surface area (Å²) in [6.07, 6.45) is 6.19. The molecule has 0 saturated heterocycles. The molecular weight excluding hydrogens is 296 g/mol. The van der Waals surface area contributed by atoms with Crippen molar-refractivity contribution in [2.75, 3.05) is 14.2 Å². The number of allylic oxidation sites excluding steroid dienone is 3. The van der Waals surface area contributed by atoms with Crippen molar-refractivity contribution < 1.29 is 9.47 Å². The molecule has 0 heterocycles. The summed E-state index contributed by atoms with van der Waals surface area (Å²) in [7, 11) is 3.27. The summed E-state index contributed by atoms with van der Waals surface area (Å²) < 4.78 is 10.6. The van der Waals surface area contributed by atoms with E-state index in [4.69, 9.17) is 21.1 Å². The average molecular weight is 315 g/mol. The second-order valence-electron chi connectivity index (χ2n) is 4.70. The minimum absolute atomic E-state index is 0.722. The highest BCUT2D eigenvalue weighted by atomic mass is 35.5. The van der Waals surface area contributed by atoms with E-state index >= 15 is 0 Å². The molecule has 0 N–H and O–H groups in total. The molecule has 2 aromatic carbocycles. The molecule has 0 spiro atoms. The van der Waals surface area contributed by atoms with E-state index in [0.717, 1.165) is 33.2 Å². The van der Waals surface area contributed by atoms with Gasteiger partial charge in [-0.15, -0.1) is 0 Å². The van der Waals surface area contributed by atoms with Crippen LogP contribution >= 0.6 is 11.6 Å². The maximum atomic E-state index is 5.90. The van der Waals surface area contributed by atoms with Gasteiger partial charge in [0.25, 0.3) is 0 Å². The van der Waals surface area contributed by atoms with Gasteiger partial charge in [0, 0.05) is 5.02 Å². The fraction of sp³-hybridized carbons (Fsp3) is 0.158. The lowest BCUT2D eigenvalue weighted by Crippen LogP contribution is -1.91. The van der Waals surface area contributed by atoms with Gasteiger partial charge in [0.1, 0.15) is 0 Å². The lowest BCUT2D eigenvalue weighted by atomic mass is 10.0. The van der Waals surface area contributed by atoms with E-state index in [-0.39, 0.29) is 0 Å². The summed E-state index contributed by atoms with van der Waals surface area (Å²) in [5, 5.41) is 0.739. The monoisotopic (exact) mass is 314 g/mol. The van der Waals surface area contributed by atoms with Gasteiger partial charge in [0.2, 0.25) is 0 Å². The Morgan fingerprint density at radius 2 is 1.64 bits per heavy atom. The van der Waals surface area contributed by atoms with Gasteiger partial charge in [-0.25, -0.2) is 0 Å². The molecule has 0 fully saturated rings. The van der Waals surface area contributed by atoms with Crippen LogP contribution in [0.15, 0.2) is 54.6 Å². The second-order valence-corrected chi connectivity index (χ2v) is 5.14. The number of halogens is 1. The van der Waals surface area contributed by atoms with Crippen LogP contribution in [-0.2, 0) is 0 Å². The first kappa shape index (κ1) is 16.2. The summed E-state index contributed by atoms with van der Waals surface area (Å²) in [6, 6.07) is 13.6. The molecule has 2 aromatic rings. The van der Waals surface area contributed by atoms with Gasteiger partial charge in [-0.1, -0.05) is 48.0 Å².